The zero-order chi connectivity index (χ0) is 32.8. The standard InChI is InChI=1S/C32H29F2N5O6S/c1-3-46(43,44)19-12-13-20(23(34)14-19)27-24(31-39(38-27)15-32(2,16-40)17-45-31)29(41)37-28-30(42)36-26-21(10-7-11-22(26)33)25(35-28)18-8-5-4-6-9-18/h4-14,28,40H,3,15-17H2,1-2H3,(H,36,42)(H,37,41)/t28-,32+/m1/s1. The number of hydrogen-bond acceptors (Lipinski definition) is 8. The predicted octanol–water partition coefficient (Wildman–Crippen LogP) is 3.56. The number of aromatic nitrogens is 2. The number of aliphatic imine (C=N–C) groups is 1. The molecular formula is C32H29F2N5O6S. The molecule has 0 radical (unpaired) electrons. The van der Waals surface area contributed by atoms with Crippen LogP contribution in [-0.4, -0.2) is 66.0 Å². The van der Waals surface area contributed by atoms with E-state index in [0.29, 0.717) is 11.1 Å². The second-order valence-corrected chi connectivity index (χ2v) is 13.6. The Kier molecular flexibility index (Phi) is 7.94. The molecule has 2 aliphatic rings. The Balaban J connectivity index is 1.45. The number of anilines is 1. The number of fused-ring (bicyclic) bond motifs is 2. The van der Waals surface area contributed by atoms with Crippen molar-refractivity contribution in [2.75, 3.05) is 24.3 Å². The number of rotatable bonds is 7. The summed E-state index contributed by atoms with van der Waals surface area (Å²) in [5.41, 5.74) is -0.376. The molecule has 2 atom stereocenters. The fourth-order valence-electron chi connectivity index (χ4n) is 5.30. The lowest BCUT2D eigenvalue weighted by molar-refractivity contribution is -0.117. The number of nitrogens with zero attached hydrogens (tertiary/aromatic N) is 3. The molecule has 0 saturated carbocycles. The summed E-state index contributed by atoms with van der Waals surface area (Å²) in [4.78, 5) is 31.8. The molecule has 6 rings (SSSR count). The maximum Gasteiger partial charge on any atom is 0.269 e. The van der Waals surface area contributed by atoms with Crippen LogP contribution in [0.2, 0.25) is 0 Å². The zero-order valence-electron chi connectivity index (χ0n) is 24.8. The van der Waals surface area contributed by atoms with Crippen LogP contribution < -0.4 is 15.4 Å². The van der Waals surface area contributed by atoms with Crippen molar-refractivity contribution in [1.29, 1.82) is 0 Å². The van der Waals surface area contributed by atoms with Crippen molar-refractivity contribution < 1.29 is 36.6 Å². The average Bonchev–Trinajstić information content (AvgIpc) is 3.35. The van der Waals surface area contributed by atoms with Gasteiger partial charge in [-0.15, -0.1) is 0 Å². The third-order valence-corrected chi connectivity index (χ3v) is 9.61. The molecular weight excluding hydrogens is 620 g/mol. The highest BCUT2D eigenvalue weighted by Crippen LogP contribution is 2.38. The third kappa shape index (κ3) is 5.54. The van der Waals surface area contributed by atoms with Crippen LogP contribution in [0.5, 0.6) is 5.88 Å². The second-order valence-electron chi connectivity index (χ2n) is 11.4. The Morgan fingerprint density at radius 3 is 2.57 bits per heavy atom. The lowest BCUT2D eigenvalue weighted by atomic mass is 9.92. The number of aliphatic hydroxyl groups excluding tert-OH is 1. The molecule has 238 valence electrons. The number of aliphatic hydroxyl groups is 1. The smallest absolute Gasteiger partial charge is 0.269 e. The first-order chi connectivity index (χ1) is 21.9. The summed E-state index contributed by atoms with van der Waals surface area (Å²) in [7, 11) is -3.73. The van der Waals surface area contributed by atoms with E-state index in [1.807, 2.05) is 0 Å². The molecule has 0 unspecified atom stereocenters. The van der Waals surface area contributed by atoms with E-state index in [-0.39, 0.29) is 64.5 Å². The Hall–Kier alpha value is -4.95. The van der Waals surface area contributed by atoms with Crippen LogP contribution >= 0.6 is 0 Å². The van der Waals surface area contributed by atoms with Gasteiger partial charge in [-0.3, -0.25) is 9.59 Å². The number of sulfone groups is 1. The van der Waals surface area contributed by atoms with Crippen molar-refractivity contribution in [3.63, 3.8) is 0 Å². The fourth-order valence-corrected chi connectivity index (χ4v) is 6.20. The van der Waals surface area contributed by atoms with Gasteiger partial charge in [0.25, 0.3) is 11.8 Å². The first-order valence-electron chi connectivity index (χ1n) is 14.4. The van der Waals surface area contributed by atoms with Crippen LogP contribution in [0.25, 0.3) is 11.3 Å². The molecule has 0 bridgehead atoms. The van der Waals surface area contributed by atoms with Gasteiger partial charge in [0.15, 0.2) is 9.84 Å². The molecule has 14 heteroatoms. The van der Waals surface area contributed by atoms with E-state index in [1.54, 1.807) is 43.3 Å². The van der Waals surface area contributed by atoms with Gasteiger partial charge in [-0.2, -0.15) is 5.10 Å². The van der Waals surface area contributed by atoms with E-state index in [0.717, 1.165) is 6.07 Å². The third-order valence-electron chi connectivity index (χ3n) is 7.88. The van der Waals surface area contributed by atoms with Gasteiger partial charge >= 0.3 is 0 Å². The monoisotopic (exact) mass is 649 g/mol. The molecule has 4 aromatic rings. The molecule has 3 heterocycles. The van der Waals surface area contributed by atoms with Crippen LogP contribution in [0, 0.1) is 17.0 Å². The number of amides is 2. The molecule has 0 aliphatic carbocycles. The Morgan fingerprint density at radius 2 is 1.87 bits per heavy atom. The number of halogens is 2. The Morgan fingerprint density at radius 1 is 1.11 bits per heavy atom. The molecule has 3 N–H and O–H groups in total. The molecule has 11 nitrogen and oxygen atoms in total. The molecule has 2 aliphatic heterocycles. The first kappa shape index (κ1) is 31.0. The highest BCUT2D eigenvalue weighted by Gasteiger charge is 2.38. The number of carbonyl (C=O) groups is 2. The van der Waals surface area contributed by atoms with Crippen molar-refractivity contribution in [2.45, 2.75) is 31.5 Å². The van der Waals surface area contributed by atoms with Crippen LogP contribution in [0.4, 0.5) is 14.5 Å². The molecule has 0 fully saturated rings. The van der Waals surface area contributed by atoms with Gasteiger partial charge in [0.2, 0.25) is 12.0 Å². The summed E-state index contributed by atoms with van der Waals surface area (Å²) < 4.78 is 62.5. The number of para-hydroxylation sites is 1. The van der Waals surface area contributed by atoms with Gasteiger partial charge in [0.05, 0.1) is 41.8 Å². The number of carbonyl (C=O) groups excluding carboxylic acids is 2. The van der Waals surface area contributed by atoms with E-state index >= 15 is 4.39 Å². The van der Waals surface area contributed by atoms with E-state index in [1.165, 1.54) is 35.9 Å². The summed E-state index contributed by atoms with van der Waals surface area (Å²) in [6, 6.07) is 16.3. The minimum Gasteiger partial charge on any atom is -0.476 e. The summed E-state index contributed by atoms with van der Waals surface area (Å²) in [5.74, 6) is -3.67. The van der Waals surface area contributed by atoms with Crippen molar-refractivity contribution in [3.05, 3.63) is 95.1 Å². The van der Waals surface area contributed by atoms with Crippen LogP contribution in [0.15, 0.2) is 76.6 Å². The maximum absolute atomic E-state index is 15.6. The number of hydrogen-bond donors (Lipinski definition) is 3. The molecule has 2 amide bonds. The lowest BCUT2D eigenvalue weighted by Crippen LogP contribution is -2.43. The number of nitrogens with one attached hydrogen (secondary N) is 2. The van der Waals surface area contributed by atoms with E-state index in [9.17, 15) is 27.5 Å². The zero-order valence-corrected chi connectivity index (χ0v) is 25.6. The fraction of sp³-hybridized carbons (Fsp3) is 0.250. The number of ether oxygens (including phenoxy) is 1. The van der Waals surface area contributed by atoms with Crippen LogP contribution in [-0.2, 0) is 21.2 Å². The maximum atomic E-state index is 15.6. The molecule has 0 spiro atoms. The van der Waals surface area contributed by atoms with E-state index in [4.69, 9.17) is 4.74 Å². The SMILES string of the molecule is CCS(=O)(=O)c1ccc(-c2nn3c(c2C(=O)N[C@H]2N=C(c4ccccc4)c4cccc(F)c4NC2=O)OC[C@](C)(CO)C3)c(F)c1. The van der Waals surface area contributed by atoms with Gasteiger partial charge in [-0.25, -0.2) is 26.9 Å². The summed E-state index contributed by atoms with van der Waals surface area (Å²) in [6.07, 6.45) is -1.56. The van der Waals surface area contributed by atoms with Crippen molar-refractivity contribution in [2.24, 2.45) is 10.4 Å². The normalized spacial score (nSPS) is 19.2. The van der Waals surface area contributed by atoms with Gasteiger partial charge in [-0.1, -0.05) is 56.3 Å². The Labute approximate surface area is 262 Å². The molecule has 0 saturated heterocycles. The second kappa shape index (κ2) is 11.8. The van der Waals surface area contributed by atoms with Gasteiger partial charge in [-0.05, 0) is 24.3 Å². The van der Waals surface area contributed by atoms with Gasteiger partial charge in [0, 0.05) is 22.1 Å². The largest absolute Gasteiger partial charge is 0.476 e. The van der Waals surface area contributed by atoms with Crippen molar-refractivity contribution in [3.8, 4) is 17.1 Å². The van der Waals surface area contributed by atoms with E-state index in [2.05, 4.69) is 20.7 Å². The highest BCUT2D eigenvalue weighted by molar-refractivity contribution is 7.91. The topological polar surface area (TPSA) is 152 Å². The minimum atomic E-state index is -3.73. The molecule has 1 aromatic heterocycles. The van der Waals surface area contributed by atoms with Gasteiger partial charge < -0.3 is 20.5 Å². The predicted molar refractivity (Wildman–Crippen MR) is 164 cm³/mol. The number of benzene rings is 3. The Bertz CT molecular complexity index is 2010. The van der Waals surface area contributed by atoms with E-state index < -0.39 is 44.9 Å². The molecule has 46 heavy (non-hydrogen) atoms. The molecule has 3 aromatic carbocycles. The summed E-state index contributed by atoms with van der Waals surface area (Å²) in [6.45, 7) is 3.02. The van der Waals surface area contributed by atoms with Gasteiger partial charge in [0.1, 0.15) is 22.9 Å². The summed E-state index contributed by atoms with van der Waals surface area (Å²) in [5, 5.41) is 19.4. The van der Waals surface area contributed by atoms with Crippen LogP contribution in [0.3, 0.4) is 0 Å². The van der Waals surface area contributed by atoms with Crippen LogP contribution in [0.1, 0.15) is 35.3 Å². The summed E-state index contributed by atoms with van der Waals surface area (Å²) >= 11 is 0. The lowest BCUT2D eigenvalue weighted by Gasteiger charge is -2.32. The highest BCUT2D eigenvalue weighted by atomic mass is 32.2. The average molecular weight is 650 g/mol. The minimum absolute atomic E-state index is 0.000113. The van der Waals surface area contributed by atoms with Crippen molar-refractivity contribution >= 4 is 33.1 Å². The quantitative estimate of drug-likeness (QED) is 0.277. The van der Waals surface area contributed by atoms with Crippen molar-refractivity contribution in [1.82, 2.24) is 15.1 Å². The number of benzodiazepines with no additional fused rings is 1. The first-order valence-corrected chi connectivity index (χ1v) is 16.0.